The van der Waals surface area contributed by atoms with E-state index >= 15 is 0 Å². The molecule has 2 aromatic rings. The molecule has 3 aliphatic heterocycles. The van der Waals surface area contributed by atoms with Gasteiger partial charge in [0.05, 0.1) is 50.5 Å². The molecule has 24 heteroatoms. The molecule has 0 saturated carbocycles. The number of amides is 4. The van der Waals surface area contributed by atoms with Crippen LogP contribution in [0.15, 0.2) is 18.6 Å². The molecule has 3 aliphatic rings. The van der Waals surface area contributed by atoms with E-state index in [1.807, 2.05) is 18.0 Å². The molecular formula is C39H59N9O15. The van der Waals surface area contributed by atoms with E-state index in [2.05, 4.69) is 32.8 Å². The van der Waals surface area contributed by atoms with Crippen molar-refractivity contribution < 1.29 is 72.8 Å². The molecular weight excluding hydrogens is 834 g/mol. The summed E-state index contributed by atoms with van der Waals surface area (Å²) in [6.45, 7) is 4.49. The van der Waals surface area contributed by atoms with Gasteiger partial charge in [-0.05, 0) is 18.4 Å². The lowest BCUT2D eigenvalue weighted by Gasteiger charge is -2.47. The second-order valence-corrected chi connectivity index (χ2v) is 15.4. The minimum absolute atomic E-state index is 0.0123. The topological polar surface area (TPSA) is 311 Å². The molecule has 0 aliphatic carbocycles. The standard InChI is InChI=1S/C39H59N9O15/c1-21-7-12-47(26(51)6-9-40)18-24(21)46(3)34-23-8-13-48(35(23)44-20-43-34)39(56)42-11-15-60-17-16-59-14-10-41-36(55)33-32(57-4)29(53)30(54)38(63-33)62-31-27(45-22(2)50)37(58-5)61-25(19-49)28(31)52/h8,13,20-21,24-25,27-33,37-38,49,52-54H,6-7,10-12,14-19H2,1-5H3,(H,41,55)(H,42,56)(H,45,50)/t21-,24+,25?,27?,28-,29-,30?,31-,32+,33?,37-,38-/m1/s1. The number of carbonyl (C=O) groups is 4. The first kappa shape index (κ1) is 49.4. The number of hydrogen-bond donors (Lipinski definition) is 7. The van der Waals surface area contributed by atoms with Gasteiger partial charge in [0, 0.05) is 60.6 Å². The second kappa shape index (κ2) is 23.3. The third kappa shape index (κ3) is 11.9. The number of ether oxygens (including phenoxy) is 7. The number of fused-ring (bicyclic) bond motifs is 1. The van der Waals surface area contributed by atoms with Crippen LogP contribution in [0.3, 0.4) is 0 Å². The molecule has 5 heterocycles. The number of nitrogens with zero attached hydrogens (tertiary/aromatic N) is 6. The fourth-order valence-electron chi connectivity index (χ4n) is 7.88. The highest BCUT2D eigenvalue weighted by Crippen LogP contribution is 2.32. The van der Waals surface area contributed by atoms with Gasteiger partial charge in [-0.3, -0.25) is 19.0 Å². The SMILES string of the molecule is CO[C@@H]1OC(CO)[C@@H](O)[C@H](O[C@@H]2OC(C(=O)NCCOCCOCCNC(=O)n3ccc4c(N(C)[C@H]5CN(C(=O)CC#N)CC[C@H]5C)ncnc43)[C@@H](OC)[C@H](O)C2O)C1NC(C)=O. The van der Waals surface area contributed by atoms with Gasteiger partial charge in [-0.25, -0.2) is 14.8 Å². The highest BCUT2D eigenvalue weighted by molar-refractivity contribution is 5.95. The summed E-state index contributed by atoms with van der Waals surface area (Å²) in [5.74, 6) is -0.592. The Morgan fingerprint density at radius 3 is 2.33 bits per heavy atom. The van der Waals surface area contributed by atoms with Crippen molar-refractivity contribution in [3.63, 3.8) is 0 Å². The molecule has 63 heavy (non-hydrogen) atoms. The first-order chi connectivity index (χ1) is 30.3. The molecule has 5 rings (SSSR count). The number of carbonyl (C=O) groups excluding carboxylic acids is 4. The van der Waals surface area contributed by atoms with Crippen LogP contribution >= 0.6 is 0 Å². The van der Waals surface area contributed by atoms with E-state index in [0.29, 0.717) is 29.9 Å². The van der Waals surface area contributed by atoms with E-state index in [1.165, 1.54) is 32.0 Å². The van der Waals surface area contributed by atoms with E-state index in [4.69, 9.17) is 38.4 Å². The molecule has 3 saturated heterocycles. The molecule has 2 aromatic heterocycles. The first-order valence-electron chi connectivity index (χ1n) is 20.6. The number of anilines is 1. The zero-order chi connectivity index (χ0) is 45.8. The van der Waals surface area contributed by atoms with Crippen molar-refractivity contribution in [1.29, 1.82) is 5.26 Å². The highest BCUT2D eigenvalue weighted by atomic mass is 16.7. The predicted octanol–water partition coefficient (Wildman–Crippen LogP) is -3.20. The molecule has 4 unspecified atom stereocenters. The highest BCUT2D eigenvalue weighted by Gasteiger charge is 2.53. The van der Waals surface area contributed by atoms with Gasteiger partial charge in [0.25, 0.3) is 5.91 Å². The quantitative estimate of drug-likeness (QED) is 0.0683. The molecule has 0 spiro atoms. The van der Waals surface area contributed by atoms with Gasteiger partial charge >= 0.3 is 6.03 Å². The fraction of sp³-hybridized carbons (Fsp3) is 0.718. The monoisotopic (exact) mass is 893 g/mol. The normalized spacial score (nSPS) is 29.7. The Labute approximate surface area is 363 Å². The smallest absolute Gasteiger partial charge is 0.327 e. The number of likely N-dealkylation sites (N-methyl/N-ethyl adjacent to an activating group) is 1. The van der Waals surface area contributed by atoms with Gasteiger partial charge in [0.15, 0.2) is 24.3 Å². The van der Waals surface area contributed by atoms with E-state index in [-0.39, 0.29) is 63.8 Å². The third-order valence-electron chi connectivity index (χ3n) is 11.3. The summed E-state index contributed by atoms with van der Waals surface area (Å²) in [5.41, 5.74) is 0.408. The number of piperidine rings is 1. The Hall–Kier alpha value is -4.65. The number of methoxy groups -OCH3 is 2. The number of nitriles is 1. The molecule has 3 fully saturated rings. The average molecular weight is 894 g/mol. The Balaban J connectivity index is 1.03. The predicted molar refractivity (Wildman–Crippen MR) is 216 cm³/mol. The molecule has 4 amide bonds. The van der Waals surface area contributed by atoms with Gasteiger partial charge in [-0.2, -0.15) is 5.26 Å². The summed E-state index contributed by atoms with van der Waals surface area (Å²) in [6, 6.07) is 2.07. The summed E-state index contributed by atoms with van der Waals surface area (Å²) in [4.78, 5) is 63.3. The van der Waals surface area contributed by atoms with Crippen LogP contribution in [-0.4, -0.2) is 211 Å². The van der Waals surface area contributed by atoms with Crippen LogP contribution < -0.4 is 20.9 Å². The Kier molecular flexibility index (Phi) is 18.3. The lowest BCUT2D eigenvalue weighted by Crippen LogP contribution is -2.68. The van der Waals surface area contributed by atoms with Crippen LogP contribution in [0, 0.1) is 17.2 Å². The van der Waals surface area contributed by atoms with Crippen LogP contribution in [0.25, 0.3) is 11.0 Å². The summed E-state index contributed by atoms with van der Waals surface area (Å²) in [6.07, 6.45) is -9.68. The lowest BCUT2D eigenvalue weighted by atomic mass is 9.92. The minimum Gasteiger partial charge on any atom is -0.394 e. The van der Waals surface area contributed by atoms with Crippen LogP contribution in [0.4, 0.5) is 10.6 Å². The van der Waals surface area contributed by atoms with Gasteiger partial charge in [0.2, 0.25) is 11.8 Å². The first-order valence-corrected chi connectivity index (χ1v) is 20.6. The molecule has 7 N–H and O–H groups in total. The van der Waals surface area contributed by atoms with Crippen molar-refractivity contribution in [2.45, 2.75) is 94.1 Å². The summed E-state index contributed by atoms with van der Waals surface area (Å²) >= 11 is 0. The van der Waals surface area contributed by atoms with Gasteiger partial charge < -0.3 is 79.3 Å². The Morgan fingerprint density at radius 1 is 0.968 bits per heavy atom. The maximum absolute atomic E-state index is 13.2. The van der Waals surface area contributed by atoms with E-state index < -0.39 is 85.8 Å². The number of aliphatic hydroxyl groups excluding tert-OH is 4. The second-order valence-electron chi connectivity index (χ2n) is 15.4. The largest absolute Gasteiger partial charge is 0.394 e. The van der Waals surface area contributed by atoms with Crippen LogP contribution in [0.2, 0.25) is 0 Å². The van der Waals surface area contributed by atoms with E-state index in [0.717, 1.165) is 6.42 Å². The zero-order valence-corrected chi connectivity index (χ0v) is 35.9. The van der Waals surface area contributed by atoms with Gasteiger partial charge in [-0.15, -0.1) is 0 Å². The van der Waals surface area contributed by atoms with Crippen LogP contribution in [-0.2, 0) is 47.5 Å². The van der Waals surface area contributed by atoms with Crippen molar-refractivity contribution in [3.05, 3.63) is 18.6 Å². The molecule has 24 nitrogen and oxygen atoms in total. The summed E-state index contributed by atoms with van der Waals surface area (Å²) in [7, 11) is 4.39. The van der Waals surface area contributed by atoms with Crippen molar-refractivity contribution in [3.8, 4) is 6.07 Å². The summed E-state index contributed by atoms with van der Waals surface area (Å²) < 4.78 is 40.3. The maximum atomic E-state index is 13.2. The number of nitrogens with one attached hydrogen (secondary N) is 3. The molecule has 350 valence electrons. The van der Waals surface area contributed by atoms with Gasteiger partial charge in [0.1, 0.15) is 61.2 Å². The summed E-state index contributed by atoms with van der Waals surface area (Å²) in [5, 5.41) is 60.0. The molecule has 0 aromatic carbocycles. The molecule has 12 atom stereocenters. The van der Waals surface area contributed by atoms with Crippen molar-refractivity contribution in [2.75, 3.05) is 85.4 Å². The molecule has 0 radical (unpaired) electrons. The van der Waals surface area contributed by atoms with Gasteiger partial charge in [-0.1, -0.05) is 6.92 Å². The van der Waals surface area contributed by atoms with Crippen LogP contribution in [0.1, 0.15) is 26.7 Å². The zero-order valence-electron chi connectivity index (χ0n) is 35.9. The minimum atomic E-state index is -1.76. The number of likely N-dealkylation sites (tertiary alicyclic amines) is 1. The number of aliphatic hydroxyl groups is 4. The number of hydrogen-bond acceptors (Lipinski definition) is 19. The van der Waals surface area contributed by atoms with E-state index in [9.17, 15) is 39.6 Å². The Bertz CT molecular complexity index is 1890. The van der Waals surface area contributed by atoms with Crippen LogP contribution in [0.5, 0.6) is 0 Å². The van der Waals surface area contributed by atoms with Crippen molar-refractivity contribution in [2.24, 2.45) is 5.92 Å². The number of rotatable bonds is 19. The van der Waals surface area contributed by atoms with Crippen molar-refractivity contribution >= 4 is 40.6 Å². The van der Waals surface area contributed by atoms with Crippen molar-refractivity contribution in [1.82, 2.24) is 35.4 Å². The maximum Gasteiger partial charge on any atom is 0.327 e. The average Bonchev–Trinajstić information content (AvgIpc) is 3.71. The third-order valence-corrected chi connectivity index (χ3v) is 11.3. The fourth-order valence-corrected chi connectivity index (χ4v) is 7.88. The lowest BCUT2D eigenvalue weighted by molar-refractivity contribution is -0.338. The molecule has 0 bridgehead atoms. The number of aromatic nitrogens is 3. The van der Waals surface area contributed by atoms with E-state index in [1.54, 1.807) is 17.2 Å². The Morgan fingerprint density at radius 2 is 1.68 bits per heavy atom.